The van der Waals surface area contributed by atoms with Crippen molar-refractivity contribution in [1.29, 1.82) is 0 Å². The normalized spacial score (nSPS) is 11.6. The van der Waals surface area contributed by atoms with Crippen LogP contribution >= 0.6 is 11.3 Å². The summed E-state index contributed by atoms with van der Waals surface area (Å²) in [7, 11) is 0. The van der Waals surface area contributed by atoms with Crippen molar-refractivity contribution in [3.8, 4) is 56.4 Å². The number of fused-ring (bicyclic) bond motifs is 6. The van der Waals surface area contributed by atoms with E-state index in [-0.39, 0.29) is 0 Å². The molecule has 5 heteroatoms. The van der Waals surface area contributed by atoms with Gasteiger partial charge in [0.2, 0.25) is 0 Å². The Morgan fingerprint density at radius 2 is 0.960 bits per heavy atom. The first kappa shape index (κ1) is 28.6. The Balaban J connectivity index is 1.16. The maximum atomic E-state index is 6.25. The van der Waals surface area contributed by atoms with E-state index in [1.165, 1.54) is 31.3 Å². The lowest BCUT2D eigenvalue weighted by atomic mass is 10.0. The molecule has 4 nitrogen and oxygen atoms in total. The van der Waals surface area contributed by atoms with Crippen LogP contribution in [0.15, 0.2) is 168 Å². The van der Waals surface area contributed by atoms with E-state index in [0.717, 1.165) is 49.8 Å². The maximum absolute atomic E-state index is 6.25. The number of nitrogens with zero attached hydrogens (tertiary/aromatic N) is 3. The summed E-state index contributed by atoms with van der Waals surface area (Å²) >= 11 is 1.84. The lowest BCUT2D eigenvalue weighted by Gasteiger charge is -2.11. The molecule has 0 radical (unpaired) electrons. The van der Waals surface area contributed by atoms with Gasteiger partial charge in [-0.25, -0.2) is 15.0 Å². The van der Waals surface area contributed by atoms with Gasteiger partial charge in [0.15, 0.2) is 17.5 Å². The maximum Gasteiger partial charge on any atom is 0.164 e. The number of hydrogen-bond acceptors (Lipinski definition) is 5. The summed E-state index contributed by atoms with van der Waals surface area (Å²) in [6, 6.07) is 56.8. The number of aromatic nitrogens is 3. The number of furan rings is 1. The van der Waals surface area contributed by atoms with Crippen LogP contribution in [0.25, 0.3) is 98.5 Å². The van der Waals surface area contributed by atoms with E-state index in [1.807, 2.05) is 47.7 Å². The molecule has 0 atom stereocenters. The van der Waals surface area contributed by atoms with Gasteiger partial charge in [0.25, 0.3) is 0 Å². The van der Waals surface area contributed by atoms with Crippen molar-refractivity contribution in [3.63, 3.8) is 0 Å². The molecule has 10 aromatic rings. The predicted octanol–water partition coefficient (Wildman–Crippen LogP) is 12.5. The molecule has 0 saturated carbocycles. The topological polar surface area (TPSA) is 51.8 Å². The smallest absolute Gasteiger partial charge is 0.164 e. The van der Waals surface area contributed by atoms with E-state index >= 15 is 0 Å². The molecule has 3 heterocycles. The van der Waals surface area contributed by atoms with Gasteiger partial charge >= 0.3 is 0 Å². The van der Waals surface area contributed by atoms with Crippen molar-refractivity contribution in [1.82, 2.24) is 15.0 Å². The van der Waals surface area contributed by atoms with Crippen molar-refractivity contribution in [2.45, 2.75) is 0 Å². The van der Waals surface area contributed by atoms with Gasteiger partial charge in [-0.05, 0) is 46.5 Å². The summed E-state index contributed by atoms with van der Waals surface area (Å²) in [4.78, 5) is 15.4. The average Bonchev–Trinajstić information content (AvgIpc) is 3.77. The summed E-state index contributed by atoms with van der Waals surface area (Å²) in [6.45, 7) is 0. The molecule has 0 amide bonds. The van der Waals surface area contributed by atoms with Gasteiger partial charge < -0.3 is 4.42 Å². The minimum absolute atomic E-state index is 0.603. The Hall–Kier alpha value is -6.43. The first-order valence-corrected chi connectivity index (χ1v) is 17.4. The second-order valence-electron chi connectivity index (χ2n) is 12.4. The molecule has 50 heavy (non-hydrogen) atoms. The Kier molecular flexibility index (Phi) is 6.64. The summed E-state index contributed by atoms with van der Waals surface area (Å²) in [5, 5.41) is 4.59. The third-order valence-corrected chi connectivity index (χ3v) is 10.6. The fourth-order valence-corrected chi connectivity index (χ4v) is 8.20. The van der Waals surface area contributed by atoms with E-state index in [2.05, 4.69) is 127 Å². The van der Waals surface area contributed by atoms with Crippen molar-refractivity contribution in [3.05, 3.63) is 164 Å². The Morgan fingerprint density at radius 3 is 1.84 bits per heavy atom. The van der Waals surface area contributed by atoms with Crippen LogP contribution in [0, 0.1) is 0 Å². The Labute approximate surface area is 292 Å². The lowest BCUT2D eigenvalue weighted by molar-refractivity contribution is 0.669. The number of benzene rings is 7. The molecule has 0 N–H and O–H groups in total. The SMILES string of the molecule is c1ccc(-c2ccc(-c3nc(-c4cccc(-c5cccc6c5sc5ccccc56)c4)nc(-c4cccc5oc6ccccc6c45)n3)cc2)cc1. The molecule has 0 bridgehead atoms. The zero-order valence-electron chi connectivity index (χ0n) is 26.7. The molecule has 0 spiro atoms. The molecule has 0 saturated heterocycles. The second kappa shape index (κ2) is 11.6. The molecule has 10 rings (SSSR count). The van der Waals surface area contributed by atoms with Gasteiger partial charge in [-0.2, -0.15) is 0 Å². The molecule has 0 unspecified atom stereocenters. The van der Waals surface area contributed by atoms with Crippen molar-refractivity contribution in [2.75, 3.05) is 0 Å². The third-order valence-electron chi connectivity index (χ3n) is 9.37. The zero-order chi connectivity index (χ0) is 33.0. The Bertz CT molecular complexity index is 2870. The minimum atomic E-state index is 0.603. The summed E-state index contributed by atoms with van der Waals surface area (Å²) < 4.78 is 8.82. The first-order chi connectivity index (χ1) is 24.8. The molecular formula is C45H27N3OS. The summed E-state index contributed by atoms with van der Waals surface area (Å²) in [5.74, 6) is 1.84. The molecule has 7 aromatic carbocycles. The fraction of sp³-hybridized carbons (Fsp3) is 0. The number of thiophene rings is 1. The van der Waals surface area contributed by atoms with Crippen LogP contribution in [0.1, 0.15) is 0 Å². The van der Waals surface area contributed by atoms with Crippen LogP contribution in [-0.2, 0) is 0 Å². The minimum Gasteiger partial charge on any atom is -0.456 e. The summed E-state index contributed by atoms with van der Waals surface area (Å²) in [5.41, 5.74) is 9.03. The van der Waals surface area contributed by atoms with Crippen LogP contribution in [0.3, 0.4) is 0 Å². The van der Waals surface area contributed by atoms with Crippen LogP contribution in [0.2, 0.25) is 0 Å². The standard InChI is InChI=1S/C45H27N3OS/c1-2-11-28(12-3-1)29-23-25-30(26-24-29)43-46-44(48-45(47-43)37-19-10-21-39-41(37)36-16-4-6-20-38(36)49-39)32-14-8-13-31(27-32)33-17-9-18-35-34-15-5-7-22-40(34)50-42(33)35/h1-27H. The third kappa shape index (κ3) is 4.79. The van der Waals surface area contributed by atoms with Crippen molar-refractivity contribution >= 4 is 53.4 Å². The van der Waals surface area contributed by atoms with E-state index in [1.54, 1.807) is 0 Å². The van der Waals surface area contributed by atoms with Gasteiger partial charge in [-0.1, -0.05) is 140 Å². The van der Waals surface area contributed by atoms with Gasteiger partial charge in [-0.3, -0.25) is 0 Å². The van der Waals surface area contributed by atoms with Crippen molar-refractivity contribution in [2.24, 2.45) is 0 Å². The first-order valence-electron chi connectivity index (χ1n) is 16.6. The van der Waals surface area contributed by atoms with E-state index in [9.17, 15) is 0 Å². The molecule has 234 valence electrons. The molecular weight excluding hydrogens is 631 g/mol. The van der Waals surface area contributed by atoms with Crippen LogP contribution in [0.5, 0.6) is 0 Å². The summed E-state index contributed by atoms with van der Waals surface area (Å²) in [6.07, 6.45) is 0. The van der Waals surface area contributed by atoms with E-state index in [4.69, 9.17) is 19.4 Å². The van der Waals surface area contributed by atoms with E-state index < -0.39 is 0 Å². The lowest BCUT2D eigenvalue weighted by Crippen LogP contribution is -2.00. The highest BCUT2D eigenvalue weighted by atomic mass is 32.1. The monoisotopic (exact) mass is 657 g/mol. The molecule has 0 aliphatic carbocycles. The van der Waals surface area contributed by atoms with Gasteiger partial charge in [0.1, 0.15) is 11.2 Å². The highest BCUT2D eigenvalue weighted by Crippen LogP contribution is 2.41. The van der Waals surface area contributed by atoms with Crippen molar-refractivity contribution < 1.29 is 4.42 Å². The second-order valence-corrected chi connectivity index (χ2v) is 13.4. The van der Waals surface area contributed by atoms with Crippen LogP contribution in [-0.4, -0.2) is 15.0 Å². The molecule has 3 aromatic heterocycles. The number of rotatable bonds is 5. The Morgan fingerprint density at radius 1 is 0.380 bits per heavy atom. The van der Waals surface area contributed by atoms with Gasteiger partial charge in [-0.15, -0.1) is 11.3 Å². The highest BCUT2D eigenvalue weighted by molar-refractivity contribution is 7.26. The van der Waals surface area contributed by atoms with Gasteiger partial charge in [0.05, 0.1) is 0 Å². The molecule has 0 aliphatic rings. The quantitative estimate of drug-likeness (QED) is 0.185. The molecule has 0 fully saturated rings. The predicted molar refractivity (Wildman–Crippen MR) is 207 cm³/mol. The number of hydrogen-bond donors (Lipinski definition) is 0. The van der Waals surface area contributed by atoms with E-state index in [0.29, 0.717) is 17.5 Å². The van der Waals surface area contributed by atoms with Crippen LogP contribution < -0.4 is 0 Å². The average molecular weight is 658 g/mol. The van der Waals surface area contributed by atoms with Crippen LogP contribution in [0.4, 0.5) is 0 Å². The molecule has 0 aliphatic heterocycles. The highest BCUT2D eigenvalue weighted by Gasteiger charge is 2.18. The van der Waals surface area contributed by atoms with Gasteiger partial charge in [0, 0.05) is 47.6 Å². The fourth-order valence-electron chi connectivity index (χ4n) is 6.96. The largest absolute Gasteiger partial charge is 0.456 e. The zero-order valence-corrected chi connectivity index (χ0v) is 27.6. The number of para-hydroxylation sites is 1.